The molecular formula is C21H30. The summed E-state index contributed by atoms with van der Waals surface area (Å²) < 4.78 is 0. The van der Waals surface area contributed by atoms with E-state index in [0.29, 0.717) is 0 Å². The number of hydrogen-bond acceptors (Lipinski definition) is 0. The van der Waals surface area contributed by atoms with Crippen molar-refractivity contribution in [3.63, 3.8) is 0 Å². The van der Waals surface area contributed by atoms with E-state index in [9.17, 15) is 0 Å². The van der Waals surface area contributed by atoms with E-state index >= 15 is 0 Å². The van der Waals surface area contributed by atoms with Crippen molar-refractivity contribution in [2.45, 2.75) is 48.0 Å². The Balaban J connectivity index is 0.000000394. The second kappa shape index (κ2) is 9.99. The van der Waals surface area contributed by atoms with Crippen LogP contribution in [0.15, 0.2) is 71.9 Å². The fourth-order valence-corrected chi connectivity index (χ4v) is 1.63. The lowest BCUT2D eigenvalue weighted by atomic mass is 10.0. The molecule has 0 bridgehead atoms. The van der Waals surface area contributed by atoms with Crippen molar-refractivity contribution in [2.24, 2.45) is 0 Å². The molecule has 0 heterocycles. The molecule has 21 heavy (non-hydrogen) atoms. The van der Waals surface area contributed by atoms with Crippen molar-refractivity contribution in [3.8, 4) is 0 Å². The number of benzene rings is 1. The molecule has 0 saturated carbocycles. The lowest BCUT2D eigenvalue weighted by Crippen LogP contribution is -1.82. The Kier molecular flexibility index (Phi) is 9.12. The van der Waals surface area contributed by atoms with Gasteiger partial charge in [0.15, 0.2) is 0 Å². The maximum atomic E-state index is 3.90. The fraction of sp³-hybridized carbons (Fsp3) is 0.333. The van der Waals surface area contributed by atoms with Crippen LogP contribution in [0.3, 0.4) is 0 Å². The first-order chi connectivity index (χ1) is 9.81. The quantitative estimate of drug-likeness (QED) is 0.546. The van der Waals surface area contributed by atoms with Crippen molar-refractivity contribution in [3.05, 3.63) is 83.0 Å². The van der Waals surface area contributed by atoms with Crippen LogP contribution >= 0.6 is 0 Å². The van der Waals surface area contributed by atoms with Crippen LogP contribution in [0.4, 0.5) is 0 Å². The summed E-state index contributed by atoms with van der Waals surface area (Å²) in [4.78, 5) is 0. The van der Waals surface area contributed by atoms with Crippen LogP contribution in [0.5, 0.6) is 0 Å². The summed E-state index contributed by atoms with van der Waals surface area (Å²) in [6.07, 6.45) is 5.32. The predicted molar refractivity (Wildman–Crippen MR) is 97.7 cm³/mol. The number of rotatable bonds is 4. The van der Waals surface area contributed by atoms with Crippen molar-refractivity contribution >= 4 is 0 Å². The summed E-state index contributed by atoms with van der Waals surface area (Å²) in [5, 5.41) is 0. The molecular weight excluding hydrogens is 252 g/mol. The average molecular weight is 282 g/mol. The minimum Gasteiger partial charge on any atom is -0.0958 e. The zero-order chi connectivity index (χ0) is 16.4. The Bertz CT molecular complexity index is 522. The molecule has 1 rings (SSSR count). The van der Waals surface area contributed by atoms with Gasteiger partial charge in [0.25, 0.3) is 0 Å². The third-order valence-electron chi connectivity index (χ3n) is 3.38. The van der Waals surface area contributed by atoms with Gasteiger partial charge >= 0.3 is 0 Å². The van der Waals surface area contributed by atoms with Gasteiger partial charge in [0.2, 0.25) is 0 Å². The van der Waals surface area contributed by atoms with Gasteiger partial charge in [-0.25, -0.2) is 0 Å². The zero-order valence-electron chi connectivity index (χ0n) is 14.6. The molecule has 1 aromatic carbocycles. The Morgan fingerprint density at radius 2 is 1.52 bits per heavy atom. The predicted octanol–water partition coefficient (Wildman–Crippen LogP) is 6.59. The average Bonchev–Trinajstić information content (AvgIpc) is 2.45. The highest BCUT2D eigenvalue weighted by molar-refractivity contribution is 5.42. The minimum atomic E-state index is 1.10. The van der Waals surface area contributed by atoms with Gasteiger partial charge in [0, 0.05) is 0 Å². The molecule has 0 spiro atoms. The van der Waals surface area contributed by atoms with Crippen molar-refractivity contribution < 1.29 is 0 Å². The van der Waals surface area contributed by atoms with Crippen LogP contribution < -0.4 is 0 Å². The van der Waals surface area contributed by atoms with Crippen molar-refractivity contribution in [2.75, 3.05) is 0 Å². The molecule has 0 nitrogen and oxygen atoms in total. The monoisotopic (exact) mass is 282 g/mol. The first-order valence-electron chi connectivity index (χ1n) is 7.53. The summed E-state index contributed by atoms with van der Waals surface area (Å²) in [7, 11) is 0. The maximum absolute atomic E-state index is 3.90. The lowest BCUT2D eigenvalue weighted by Gasteiger charge is -2.03. The van der Waals surface area contributed by atoms with E-state index in [1.165, 1.54) is 22.3 Å². The van der Waals surface area contributed by atoms with Crippen LogP contribution in [0.1, 0.15) is 45.7 Å². The number of allylic oxidation sites excluding steroid dienone is 6. The fourth-order valence-electron chi connectivity index (χ4n) is 1.63. The largest absolute Gasteiger partial charge is 0.0958 e. The Morgan fingerprint density at radius 3 is 1.86 bits per heavy atom. The van der Waals surface area contributed by atoms with E-state index in [1.54, 1.807) is 0 Å². The molecule has 0 aliphatic carbocycles. The smallest absolute Gasteiger partial charge is 0.0273 e. The summed E-state index contributed by atoms with van der Waals surface area (Å²) in [5.41, 5.74) is 7.36. The molecule has 0 aliphatic rings. The zero-order valence-corrected chi connectivity index (χ0v) is 14.6. The highest BCUT2D eigenvalue weighted by Gasteiger charge is 1.94. The van der Waals surface area contributed by atoms with Gasteiger partial charge in [-0.1, -0.05) is 73.2 Å². The topological polar surface area (TPSA) is 0 Å². The second-order valence-corrected chi connectivity index (χ2v) is 5.47. The molecule has 0 aliphatic heterocycles. The van der Waals surface area contributed by atoms with E-state index in [1.807, 2.05) is 20.8 Å². The molecule has 0 amide bonds. The first-order valence-corrected chi connectivity index (χ1v) is 7.53. The van der Waals surface area contributed by atoms with E-state index in [4.69, 9.17) is 0 Å². The van der Waals surface area contributed by atoms with Crippen LogP contribution in [0.25, 0.3) is 0 Å². The molecule has 0 aromatic heterocycles. The molecule has 0 heteroatoms. The van der Waals surface area contributed by atoms with Crippen LogP contribution in [0.2, 0.25) is 0 Å². The standard InChI is InChI=1S/C12H18.C9H12/c1-7-12(10(4)5)8-11(6)9(2)3;1-3-9-6-4-8(2)5-7-9/h7-8H,2,4H2,1,3,5-6H3;4-7H,3H2,1-2H3/b11-8+,12-7-;. The molecule has 0 atom stereocenters. The summed E-state index contributed by atoms with van der Waals surface area (Å²) in [6, 6.07) is 8.66. The van der Waals surface area contributed by atoms with Gasteiger partial charge in [-0.05, 0) is 57.7 Å². The van der Waals surface area contributed by atoms with E-state index in [0.717, 1.165) is 17.6 Å². The molecule has 0 radical (unpaired) electrons. The summed E-state index contributed by atoms with van der Waals surface area (Å²) in [5.74, 6) is 0. The SMILES string of the molecule is C=C(C)C(=C\C)/C=C(\C)C(=C)C.CCc1ccc(C)cc1. The molecule has 1 aromatic rings. The number of hydrogen-bond donors (Lipinski definition) is 0. The lowest BCUT2D eigenvalue weighted by molar-refractivity contribution is 1.14. The highest BCUT2D eigenvalue weighted by Crippen LogP contribution is 2.14. The van der Waals surface area contributed by atoms with Gasteiger partial charge in [-0.2, -0.15) is 0 Å². The van der Waals surface area contributed by atoms with Crippen LogP contribution in [0, 0.1) is 6.92 Å². The molecule has 0 saturated heterocycles. The van der Waals surface area contributed by atoms with Gasteiger partial charge in [0.05, 0.1) is 0 Å². The molecule has 114 valence electrons. The Hall–Kier alpha value is -1.82. The van der Waals surface area contributed by atoms with Crippen LogP contribution in [-0.2, 0) is 6.42 Å². The van der Waals surface area contributed by atoms with Gasteiger partial charge in [-0.15, -0.1) is 0 Å². The molecule has 0 fully saturated rings. The Labute approximate surface area is 131 Å². The van der Waals surface area contributed by atoms with Gasteiger partial charge < -0.3 is 0 Å². The maximum Gasteiger partial charge on any atom is -0.0273 e. The first kappa shape index (κ1) is 19.2. The third-order valence-corrected chi connectivity index (χ3v) is 3.38. The Morgan fingerprint density at radius 1 is 1.00 bits per heavy atom. The highest BCUT2D eigenvalue weighted by atomic mass is 14.0. The van der Waals surface area contributed by atoms with Gasteiger partial charge in [-0.3, -0.25) is 0 Å². The minimum absolute atomic E-state index is 1.10. The summed E-state index contributed by atoms with van der Waals surface area (Å²) >= 11 is 0. The van der Waals surface area contributed by atoms with E-state index in [-0.39, 0.29) is 0 Å². The van der Waals surface area contributed by atoms with Crippen molar-refractivity contribution in [1.29, 1.82) is 0 Å². The normalized spacial score (nSPS) is 11.5. The molecule has 0 N–H and O–H groups in total. The molecule has 0 unspecified atom stereocenters. The van der Waals surface area contributed by atoms with E-state index < -0.39 is 0 Å². The third kappa shape index (κ3) is 8.14. The summed E-state index contributed by atoms with van der Waals surface area (Å²) in [6.45, 7) is 20.2. The number of aryl methyl sites for hydroxylation is 2. The van der Waals surface area contributed by atoms with Crippen molar-refractivity contribution in [1.82, 2.24) is 0 Å². The second-order valence-electron chi connectivity index (χ2n) is 5.47. The van der Waals surface area contributed by atoms with Gasteiger partial charge in [0.1, 0.15) is 0 Å². The van der Waals surface area contributed by atoms with E-state index in [2.05, 4.69) is 70.3 Å². The van der Waals surface area contributed by atoms with Crippen LogP contribution in [-0.4, -0.2) is 0 Å².